The molecule has 3 nitrogen and oxygen atoms in total. The van der Waals surface area contributed by atoms with E-state index in [1.165, 1.54) is 0 Å². The number of rotatable bonds is 2. The van der Waals surface area contributed by atoms with Crippen LogP contribution in [0.5, 0.6) is 0 Å². The van der Waals surface area contributed by atoms with Crippen LogP contribution in [-0.4, -0.2) is 15.6 Å². The molecule has 13 heavy (non-hydrogen) atoms. The summed E-state index contributed by atoms with van der Waals surface area (Å²) in [6, 6.07) is 8.05. The smallest absolute Gasteiger partial charge is 0.207 e. The number of anilines is 1. The molecule has 0 saturated carbocycles. The molecule has 0 spiro atoms. The Morgan fingerprint density at radius 1 is 1.38 bits per heavy atom. The van der Waals surface area contributed by atoms with Gasteiger partial charge in [-0.1, -0.05) is 12.1 Å². The maximum absolute atomic E-state index is 4.42. The zero-order valence-corrected chi connectivity index (χ0v) is 9.38. The summed E-state index contributed by atoms with van der Waals surface area (Å²) in [6.45, 7) is 0. The van der Waals surface area contributed by atoms with Gasteiger partial charge < -0.3 is 5.32 Å². The molecule has 0 saturated heterocycles. The summed E-state index contributed by atoms with van der Waals surface area (Å²) < 4.78 is 1.97. The number of hydrogen-bond acceptors (Lipinski definition) is 2. The van der Waals surface area contributed by atoms with Crippen molar-refractivity contribution in [3.8, 4) is 0 Å². The molecular weight excluding hydrogens is 200 g/mol. The van der Waals surface area contributed by atoms with Crippen LogP contribution < -0.4 is 5.32 Å². The van der Waals surface area contributed by atoms with Gasteiger partial charge in [-0.15, -0.1) is 9.24 Å². The molecule has 5 heteroatoms. The van der Waals surface area contributed by atoms with E-state index in [2.05, 4.69) is 28.9 Å². The SMILES string of the molecule is PCNc1nc2ccccc2n1P. The first-order valence-corrected chi connectivity index (χ1v) is 5.32. The van der Waals surface area contributed by atoms with Gasteiger partial charge in [-0.25, -0.2) is 4.98 Å². The second kappa shape index (κ2) is 3.61. The fraction of sp³-hybridized carbons (Fsp3) is 0.125. The first kappa shape index (κ1) is 8.93. The van der Waals surface area contributed by atoms with Crippen molar-refractivity contribution < 1.29 is 0 Å². The maximum Gasteiger partial charge on any atom is 0.207 e. The molecule has 0 fully saturated rings. The van der Waals surface area contributed by atoms with E-state index in [1.807, 2.05) is 28.6 Å². The summed E-state index contributed by atoms with van der Waals surface area (Å²) in [5.74, 6) is 0.876. The third-order valence-corrected chi connectivity index (χ3v) is 2.58. The quantitative estimate of drug-likeness (QED) is 0.769. The van der Waals surface area contributed by atoms with Crippen LogP contribution in [0.15, 0.2) is 24.3 Å². The molecule has 2 unspecified atom stereocenters. The predicted octanol–water partition coefficient (Wildman–Crippen LogP) is 1.92. The lowest BCUT2D eigenvalue weighted by Gasteiger charge is -2.01. The second-order valence-corrected chi connectivity index (χ2v) is 3.60. The Kier molecular flexibility index (Phi) is 2.48. The van der Waals surface area contributed by atoms with Gasteiger partial charge >= 0.3 is 0 Å². The Balaban J connectivity index is 2.60. The summed E-state index contributed by atoms with van der Waals surface area (Å²) in [5.41, 5.74) is 2.13. The Morgan fingerprint density at radius 3 is 2.85 bits per heavy atom. The third kappa shape index (κ3) is 1.54. The zero-order valence-electron chi connectivity index (χ0n) is 7.07. The van der Waals surface area contributed by atoms with Gasteiger partial charge in [0.15, 0.2) is 0 Å². The average molecular weight is 211 g/mol. The van der Waals surface area contributed by atoms with Gasteiger partial charge in [0.2, 0.25) is 5.95 Å². The number of benzene rings is 1. The van der Waals surface area contributed by atoms with E-state index in [-0.39, 0.29) is 0 Å². The highest BCUT2D eigenvalue weighted by Crippen LogP contribution is 2.21. The monoisotopic (exact) mass is 211 g/mol. The maximum atomic E-state index is 4.42. The van der Waals surface area contributed by atoms with Crippen LogP contribution in [0.2, 0.25) is 0 Å². The molecule has 0 amide bonds. The normalized spacial score (nSPS) is 10.6. The van der Waals surface area contributed by atoms with Gasteiger partial charge in [-0.2, -0.15) is 0 Å². The standard InChI is InChI=1S/C8H11N3P2/c12-5-9-8-10-6-3-1-2-4-7(6)11(8)13/h1-4H,5,12-13H2,(H,9,10). The molecule has 0 aliphatic heterocycles. The summed E-state index contributed by atoms with van der Waals surface area (Å²) in [5, 5.41) is 3.16. The molecule has 0 bridgehead atoms. The van der Waals surface area contributed by atoms with Crippen LogP contribution in [0, 0.1) is 0 Å². The van der Waals surface area contributed by atoms with Crippen molar-refractivity contribution in [3.05, 3.63) is 24.3 Å². The van der Waals surface area contributed by atoms with Gasteiger partial charge in [0.05, 0.1) is 11.0 Å². The lowest BCUT2D eigenvalue weighted by molar-refractivity contribution is 1.22. The molecule has 1 N–H and O–H groups in total. The fourth-order valence-corrected chi connectivity index (χ4v) is 1.81. The first-order chi connectivity index (χ1) is 6.33. The fourth-order valence-electron chi connectivity index (χ4n) is 1.26. The molecule has 2 rings (SSSR count). The molecule has 2 atom stereocenters. The first-order valence-electron chi connectivity index (χ1n) is 3.99. The van der Waals surface area contributed by atoms with E-state index < -0.39 is 0 Å². The number of aromatic nitrogens is 2. The molecule has 1 heterocycles. The second-order valence-electron chi connectivity index (χ2n) is 2.68. The van der Waals surface area contributed by atoms with Gasteiger partial charge in [-0.05, 0) is 21.5 Å². The number of para-hydroxylation sites is 2. The molecular formula is C8H11N3P2. The highest BCUT2D eigenvalue weighted by molar-refractivity contribution is 7.16. The number of fused-ring (bicyclic) bond motifs is 1. The Bertz CT molecular complexity index is 424. The minimum absolute atomic E-state index is 0.803. The van der Waals surface area contributed by atoms with Crippen LogP contribution in [0.1, 0.15) is 0 Å². The highest BCUT2D eigenvalue weighted by atomic mass is 31.0. The van der Waals surface area contributed by atoms with Crippen LogP contribution in [0.3, 0.4) is 0 Å². The minimum Gasteiger partial charge on any atom is -0.352 e. The number of nitrogens with one attached hydrogen (secondary N) is 1. The lowest BCUT2D eigenvalue weighted by Crippen LogP contribution is -1.98. The molecule has 68 valence electrons. The van der Waals surface area contributed by atoms with E-state index in [0.717, 1.165) is 23.3 Å². The number of nitrogens with zero attached hydrogens (tertiary/aromatic N) is 2. The Labute approximate surface area is 81.4 Å². The Morgan fingerprint density at radius 2 is 2.15 bits per heavy atom. The molecule has 2 aromatic rings. The van der Waals surface area contributed by atoms with Gasteiger partial charge in [0, 0.05) is 6.29 Å². The average Bonchev–Trinajstić information content (AvgIpc) is 2.46. The van der Waals surface area contributed by atoms with Crippen molar-refractivity contribution in [2.45, 2.75) is 0 Å². The van der Waals surface area contributed by atoms with Gasteiger partial charge in [0.25, 0.3) is 0 Å². The van der Waals surface area contributed by atoms with E-state index in [9.17, 15) is 0 Å². The topological polar surface area (TPSA) is 29.9 Å². The molecule has 0 radical (unpaired) electrons. The van der Waals surface area contributed by atoms with Crippen molar-refractivity contribution in [2.24, 2.45) is 0 Å². The molecule has 1 aromatic heterocycles. The van der Waals surface area contributed by atoms with E-state index in [4.69, 9.17) is 0 Å². The predicted molar refractivity (Wildman–Crippen MR) is 63.0 cm³/mol. The largest absolute Gasteiger partial charge is 0.352 e. The van der Waals surface area contributed by atoms with Crippen molar-refractivity contribution >= 4 is 35.6 Å². The highest BCUT2D eigenvalue weighted by Gasteiger charge is 2.04. The zero-order chi connectivity index (χ0) is 9.26. The van der Waals surface area contributed by atoms with Crippen molar-refractivity contribution in [3.63, 3.8) is 0 Å². The van der Waals surface area contributed by atoms with E-state index >= 15 is 0 Å². The minimum atomic E-state index is 0.803. The number of imidazole rings is 1. The van der Waals surface area contributed by atoms with Gasteiger partial charge in [0.1, 0.15) is 0 Å². The van der Waals surface area contributed by atoms with E-state index in [0.29, 0.717) is 0 Å². The molecule has 0 aliphatic rings. The van der Waals surface area contributed by atoms with Crippen LogP contribution >= 0.6 is 18.6 Å². The van der Waals surface area contributed by atoms with Gasteiger partial charge in [-0.3, -0.25) is 4.34 Å². The third-order valence-electron chi connectivity index (χ3n) is 1.86. The molecule has 1 aromatic carbocycles. The van der Waals surface area contributed by atoms with Crippen molar-refractivity contribution in [1.29, 1.82) is 0 Å². The molecule has 0 aliphatic carbocycles. The van der Waals surface area contributed by atoms with Crippen LogP contribution in [-0.2, 0) is 0 Å². The van der Waals surface area contributed by atoms with Crippen molar-refractivity contribution in [2.75, 3.05) is 11.6 Å². The summed E-state index contributed by atoms with van der Waals surface area (Å²) >= 11 is 0. The van der Waals surface area contributed by atoms with Crippen molar-refractivity contribution in [1.82, 2.24) is 9.32 Å². The lowest BCUT2D eigenvalue weighted by atomic mass is 10.3. The number of hydrogen-bond donors (Lipinski definition) is 1. The summed E-state index contributed by atoms with van der Waals surface area (Å²) in [7, 11) is 5.26. The van der Waals surface area contributed by atoms with E-state index in [1.54, 1.807) is 0 Å². The Hall–Kier alpha value is -0.650. The van der Waals surface area contributed by atoms with Crippen LogP contribution in [0.25, 0.3) is 11.0 Å². The van der Waals surface area contributed by atoms with Crippen LogP contribution in [0.4, 0.5) is 5.95 Å². The summed E-state index contributed by atoms with van der Waals surface area (Å²) in [6.07, 6.45) is 0.803. The summed E-state index contributed by atoms with van der Waals surface area (Å²) in [4.78, 5) is 4.42.